The molecule has 1 N–H and O–H groups in total. The molecule has 1 atom stereocenters. The van der Waals surface area contributed by atoms with Gasteiger partial charge in [0.2, 0.25) is 0 Å². The minimum atomic E-state index is -0.329. The van der Waals surface area contributed by atoms with Crippen molar-refractivity contribution >= 4 is 21.6 Å². The Morgan fingerprint density at radius 2 is 2.10 bits per heavy atom. The molecular weight excluding hydrogens is 332 g/mol. The topological polar surface area (TPSA) is 55.2 Å². The smallest absolute Gasteiger partial charge is 0.275 e. The third-order valence-electron chi connectivity index (χ3n) is 3.92. The summed E-state index contributed by atoms with van der Waals surface area (Å²) in [5.41, 5.74) is 3.56. The van der Waals surface area contributed by atoms with Crippen molar-refractivity contribution in [1.29, 1.82) is 0 Å². The van der Waals surface area contributed by atoms with Crippen LogP contribution < -0.4 is 5.32 Å². The first-order chi connectivity index (χ1) is 10.1. The Kier molecular flexibility index (Phi) is 4.03. The standard InChI is InChI=1S/C16H15BrN2O2/c17-13-7-5-12(16(9-13)19(20)21)10-18-15-8-6-11-3-1-2-4-14(11)15/h1-5,7,9,15,18H,6,8,10H2. The summed E-state index contributed by atoms with van der Waals surface area (Å²) in [6.45, 7) is 0.503. The van der Waals surface area contributed by atoms with Crippen LogP contribution in [0, 0.1) is 10.1 Å². The zero-order valence-corrected chi connectivity index (χ0v) is 13.0. The molecule has 2 aromatic rings. The Morgan fingerprint density at radius 1 is 1.29 bits per heavy atom. The molecule has 0 amide bonds. The van der Waals surface area contributed by atoms with Gasteiger partial charge in [-0.25, -0.2) is 0 Å². The number of nitrogens with zero attached hydrogens (tertiary/aromatic N) is 1. The summed E-state index contributed by atoms with van der Waals surface area (Å²) in [4.78, 5) is 10.8. The van der Waals surface area contributed by atoms with Gasteiger partial charge in [-0.3, -0.25) is 10.1 Å². The lowest BCUT2D eigenvalue weighted by Crippen LogP contribution is -2.19. The Labute approximate surface area is 131 Å². The number of rotatable bonds is 4. The van der Waals surface area contributed by atoms with Gasteiger partial charge in [0.25, 0.3) is 5.69 Å². The van der Waals surface area contributed by atoms with Crippen LogP contribution in [0.5, 0.6) is 0 Å². The molecule has 108 valence electrons. The molecule has 0 fully saturated rings. The van der Waals surface area contributed by atoms with E-state index in [0.29, 0.717) is 12.1 Å². The van der Waals surface area contributed by atoms with E-state index >= 15 is 0 Å². The zero-order chi connectivity index (χ0) is 14.8. The molecule has 0 aromatic heterocycles. The lowest BCUT2D eigenvalue weighted by molar-refractivity contribution is -0.385. The fourth-order valence-corrected chi connectivity index (χ4v) is 3.21. The molecule has 1 unspecified atom stereocenters. The maximum Gasteiger partial charge on any atom is 0.275 e. The Morgan fingerprint density at radius 3 is 2.90 bits per heavy atom. The SMILES string of the molecule is O=[N+]([O-])c1cc(Br)ccc1CNC1CCc2ccccc21. The third kappa shape index (κ3) is 2.99. The van der Waals surface area contributed by atoms with Gasteiger partial charge in [0.1, 0.15) is 0 Å². The number of halogens is 1. The van der Waals surface area contributed by atoms with Gasteiger partial charge in [0.05, 0.1) is 4.92 Å². The van der Waals surface area contributed by atoms with Crippen LogP contribution in [0.1, 0.15) is 29.2 Å². The van der Waals surface area contributed by atoms with Crippen molar-refractivity contribution in [3.8, 4) is 0 Å². The van der Waals surface area contributed by atoms with Crippen molar-refractivity contribution < 1.29 is 4.92 Å². The summed E-state index contributed by atoms with van der Waals surface area (Å²) in [7, 11) is 0. The first kappa shape index (κ1) is 14.2. The van der Waals surface area contributed by atoms with Crippen molar-refractivity contribution in [2.75, 3.05) is 0 Å². The van der Waals surface area contributed by atoms with E-state index in [-0.39, 0.29) is 16.7 Å². The average molecular weight is 347 g/mol. The molecular formula is C16H15BrN2O2. The van der Waals surface area contributed by atoms with E-state index in [1.807, 2.05) is 12.1 Å². The van der Waals surface area contributed by atoms with E-state index in [1.54, 1.807) is 12.1 Å². The predicted octanol–water partition coefficient (Wildman–Crippen LogP) is 4.13. The molecule has 1 aliphatic carbocycles. The van der Waals surface area contributed by atoms with Crippen molar-refractivity contribution in [2.45, 2.75) is 25.4 Å². The van der Waals surface area contributed by atoms with Gasteiger partial charge < -0.3 is 5.32 Å². The van der Waals surface area contributed by atoms with Crippen LogP contribution in [0.3, 0.4) is 0 Å². The second-order valence-electron chi connectivity index (χ2n) is 5.20. The maximum absolute atomic E-state index is 11.1. The van der Waals surface area contributed by atoms with E-state index in [9.17, 15) is 10.1 Å². The molecule has 2 aromatic carbocycles. The highest BCUT2D eigenvalue weighted by Crippen LogP contribution is 2.31. The molecule has 5 heteroatoms. The van der Waals surface area contributed by atoms with Crippen molar-refractivity contribution in [3.05, 3.63) is 73.7 Å². The molecule has 21 heavy (non-hydrogen) atoms. The van der Waals surface area contributed by atoms with E-state index < -0.39 is 0 Å². The molecule has 0 spiro atoms. The van der Waals surface area contributed by atoms with Crippen LogP contribution in [-0.2, 0) is 13.0 Å². The molecule has 0 bridgehead atoms. The van der Waals surface area contributed by atoms with Gasteiger partial charge in [-0.15, -0.1) is 0 Å². The summed E-state index contributed by atoms with van der Waals surface area (Å²) >= 11 is 3.28. The number of hydrogen-bond donors (Lipinski definition) is 1. The number of nitro benzene ring substituents is 1. The van der Waals surface area contributed by atoms with Gasteiger partial charge in [-0.1, -0.05) is 40.2 Å². The summed E-state index contributed by atoms with van der Waals surface area (Å²) < 4.78 is 0.726. The second kappa shape index (κ2) is 5.95. The normalized spacial score (nSPS) is 16.7. The van der Waals surface area contributed by atoms with Crippen LogP contribution in [-0.4, -0.2) is 4.92 Å². The van der Waals surface area contributed by atoms with Gasteiger partial charge in [-0.05, 0) is 36.1 Å². The molecule has 0 heterocycles. The van der Waals surface area contributed by atoms with Crippen molar-refractivity contribution in [2.24, 2.45) is 0 Å². The first-order valence-electron chi connectivity index (χ1n) is 6.89. The molecule has 4 nitrogen and oxygen atoms in total. The maximum atomic E-state index is 11.1. The van der Waals surface area contributed by atoms with E-state index in [1.165, 1.54) is 11.1 Å². The first-order valence-corrected chi connectivity index (χ1v) is 7.68. The zero-order valence-electron chi connectivity index (χ0n) is 11.4. The second-order valence-corrected chi connectivity index (χ2v) is 6.12. The molecule has 0 radical (unpaired) electrons. The number of benzene rings is 2. The molecule has 0 saturated heterocycles. The highest BCUT2D eigenvalue weighted by Gasteiger charge is 2.22. The van der Waals surface area contributed by atoms with Crippen LogP contribution in [0.15, 0.2) is 46.9 Å². The minimum absolute atomic E-state index is 0.156. The average Bonchev–Trinajstić information content (AvgIpc) is 2.89. The van der Waals surface area contributed by atoms with E-state index in [0.717, 1.165) is 17.3 Å². The van der Waals surface area contributed by atoms with Gasteiger partial charge in [0, 0.05) is 28.7 Å². The molecule has 0 saturated carbocycles. The number of nitrogens with one attached hydrogen (secondary N) is 1. The quantitative estimate of drug-likeness (QED) is 0.668. The van der Waals surface area contributed by atoms with E-state index in [4.69, 9.17) is 0 Å². The molecule has 3 rings (SSSR count). The lowest BCUT2D eigenvalue weighted by atomic mass is 10.1. The highest BCUT2D eigenvalue weighted by molar-refractivity contribution is 9.10. The van der Waals surface area contributed by atoms with Crippen LogP contribution in [0.4, 0.5) is 5.69 Å². The fourth-order valence-electron chi connectivity index (χ4n) is 2.86. The Bertz CT molecular complexity index is 688. The minimum Gasteiger partial charge on any atom is -0.306 e. The lowest BCUT2D eigenvalue weighted by Gasteiger charge is -2.14. The number of nitro groups is 1. The number of hydrogen-bond acceptors (Lipinski definition) is 3. The van der Waals surface area contributed by atoms with Crippen molar-refractivity contribution in [3.63, 3.8) is 0 Å². The van der Waals surface area contributed by atoms with Crippen LogP contribution in [0.25, 0.3) is 0 Å². The summed E-state index contributed by atoms with van der Waals surface area (Å²) in [5.74, 6) is 0. The Balaban J connectivity index is 1.76. The van der Waals surface area contributed by atoms with Crippen molar-refractivity contribution in [1.82, 2.24) is 5.32 Å². The fraction of sp³-hybridized carbons (Fsp3) is 0.250. The number of aryl methyl sites for hydroxylation is 1. The van der Waals surface area contributed by atoms with Crippen LogP contribution >= 0.6 is 15.9 Å². The highest BCUT2D eigenvalue weighted by atomic mass is 79.9. The van der Waals surface area contributed by atoms with Gasteiger partial charge in [0.15, 0.2) is 0 Å². The van der Waals surface area contributed by atoms with Crippen LogP contribution in [0.2, 0.25) is 0 Å². The van der Waals surface area contributed by atoms with E-state index in [2.05, 4.69) is 39.4 Å². The third-order valence-corrected chi connectivity index (χ3v) is 4.41. The largest absolute Gasteiger partial charge is 0.306 e. The van der Waals surface area contributed by atoms with Gasteiger partial charge in [-0.2, -0.15) is 0 Å². The molecule has 1 aliphatic rings. The Hall–Kier alpha value is -1.72. The summed E-state index contributed by atoms with van der Waals surface area (Å²) in [6.07, 6.45) is 2.11. The van der Waals surface area contributed by atoms with Gasteiger partial charge >= 0.3 is 0 Å². The molecule has 0 aliphatic heterocycles. The summed E-state index contributed by atoms with van der Waals surface area (Å²) in [5, 5.41) is 14.6. The number of fused-ring (bicyclic) bond motifs is 1. The monoisotopic (exact) mass is 346 g/mol. The summed E-state index contributed by atoms with van der Waals surface area (Å²) in [6, 6.07) is 13.9. The predicted molar refractivity (Wildman–Crippen MR) is 85.1 cm³/mol.